The average molecular weight is 323 g/mol. The molecule has 1 N–H and O–H groups in total. The number of carbonyl (C=O) groups is 1. The monoisotopic (exact) mass is 323 g/mol. The molecule has 2 bridgehead atoms. The van der Waals surface area contributed by atoms with Crippen LogP contribution in [-0.4, -0.2) is 41.5 Å². The minimum absolute atomic E-state index is 0.0401. The molecular weight excluding hydrogens is 298 g/mol. The highest BCUT2D eigenvalue weighted by Gasteiger charge is 2.34. The third-order valence-corrected chi connectivity index (χ3v) is 5.49. The zero-order chi connectivity index (χ0) is 16.5. The van der Waals surface area contributed by atoms with Crippen LogP contribution in [0.5, 0.6) is 0 Å². The average Bonchev–Trinajstić information content (AvgIpc) is 2.62. The number of piperidine rings is 3. The number of fused-ring (bicyclic) bond motifs is 4. The molecule has 3 fully saturated rings. The van der Waals surface area contributed by atoms with Crippen molar-refractivity contribution in [3.8, 4) is 0 Å². The molecule has 4 heteroatoms. The van der Waals surface area contributed by atoms with Gasteiger partial charge in [-0.1, -0.05) is 25.5 Å². The van der Waals surface area contributed by atoms with Crippen LogP contribution in [0.3, 0.4) is 0 Å². The minimum atomic E-state index is 0.0401. The lowest BCUT2D eigenvalue weighted by Gasteiger charge is -2.44. The Morgan fingerprint density at radius 3 is 2.75 bits per heavy atom. The fourth-order valence-corrected chi connectivity index (χ4v) is 4.08. The number of carbonyl (C=O) groups excluding carboxylic acids is 1. The molecule has 2 aromatic rings. The third-order valence-electron chi connectivity index (χ3n) is 5.49. The van der Waals surface area contributed by atoms with Crippen LogP contribution in [0.2, 0.25) is 0 Å². The number of nitrogens with one attached hydrogen (secondary N) is 1. The lowest BCUT2D eigenvalue weighted by atomic mass is 9.84. The first kappa shape index (κ1) is 15.6. The summed E-state index contributed by atoms with van der Waals surface area (Å²) in [6.07, 6.45) is 4.49. The number of hydrogen-bond acceptors (Lipinski definition) is 3. The highest BCUT2D eigenvalue weighted by molar-refractivity contribution is 5.98. The quantitative estimate of drug-likeness (QED) is 0.941. The van der Waals surface area contributed by atoms with E-state index in [1.165, 1.54) is 25.9 Å². The topological polar surface area (TPSA) is 45.2 Å². The van der Waals surface area contributed by atoms with Crippen LogP contribution < -0.4 is 5.32 Å². The molecule has 4 nitrogen and oxygen atoms in total. The molecule has 1 aromatic carbocycles. The zero-order valence-corrected chi connectivity index (χ0v) is 14.3. The van der Waals surface area contributed by atoms with Crippen LogP contribution in [0.25, 0.3) is 10.9 Å². The van der Waals surface area contributed by atoms with Gasteiger partial charge in [-0.05, 0) is 56.5 Å². The van der Waals surface area contributed by atoms with Gasteiger partial charge in [0.15, 0.2) is 0 Å². The lowest BCUT2D eigenvalue weighted by Crippen LogP contribution is -2.57. The fraction of sp³-hybridized carbons (Fsp3) is 0.500. The van der Waals surface area contributed by atoms with Crippen molar-refractivity contribution in [1.29, 1.82) is 0 Å². The maximum absolute atomic E-state index is 12.7. The van der Waals surface area contributed by atoms with E-state index in [1.54, 1.807) is 0 Å². The molecule has 1 aromatic heterocycles. The summed E-state index contributed by atoms with van der Waals surface area (Å²) in [6, 6.07) is 10.3. The number of nitrogens with zero attached hydrogens (tertiary/aromatic N) is 2. The van der Waals surface area contributed by atoms with Crippen molar-refractivity contribution in [2.24, 2.45) is 5.92 Å². The Hall–Kier alpha value is -1.94. The minimum Gasteiger partial charge on any atom is -0.348 e. The van der Waals surface area contributed by atoms with Crippen molar-refractivity contribution >= 4 is 16.8 Å². The van der Waals surface area contributed by atoms with Crippen molar-refractivity contribution < 1.29 is 4.79 Å². The molecule has 0 spiro atoms. The van der Waals surface area contributed by atoms with Gasteiger partial charge in [0.1, 0.15) is 0 Å². The summed E-state index contributed by atoms with van der Waals surface area (Å²) >= 11 is 0. The molecule has 3 saturated heterocycles. The van der Waals surface area contributed by atoms with Crippen molar-refractivity contribution in [2.45, 2.75) is 38.6 Å². The first-order chi connectivity index (χ1) is 11.7. The number of benzene rings is 1. The molecule has 126 valence electrons. The molecule has 4 heterocycles. The predicted molar refractivity (Wildman–Crippen MR) is 96.2 cm³/mol. The van der Waals surface area contributed by atoms with Crippen LogP contribution >= 0.6 is 0 Å². The van der Waals surface area contributed by atoms with Crippen LogP contribution in [0.4, 0.5) is 0 Å². The molecule has 5 rings (SSSR count). The van der Waals surface area contributed by atoms with Gasteiger partial charge in [0.25, 0.3) is 5.91 Å². The zero-order valence-electron chi connectivity index (χ0n) is 14.3. The Labute approximate surface area is 143 Å². The maximum Gasteiger partial charge on any atom is 0.251 e. The van der Waals surface area contributed by atoms with Crippen molar-refractivity contribution in [3.05, 3.63) is 41.6 Å². The summed E-state index contributed by atoms with van der Waals surface area (Å²) < 4.78 is 0. The molecule has 24 heavy (non-hydrogen) atoms. The Morgan fingerprint density at radius 2 is 2.04 bits per heavy atom. The van der Waals surface area contributed by atoms with Crippen LogP contribution in [0, 0.1) is 5.92 Å². The number of amides is 1. The first-order valence-electron chi connectivity index (χ1n) is 9.16. The molecule has 1 atom stereocenters. The van der Waals surface area contributed by atoms with Crippen LogP contribution in [0.15, 0.2) is 30.3 Å². The summed E-state index contributed by atoms with van der Waals surface area (Å²) in [6.45, 7) is 5.54. The van der Waals surface area contributed by atoms with Gasteiger partial charge in [0, 0.05) is 29.2 Å². The number of hydrogen-bond donors (Lipinski definition) is 1. The second-order valence-electron chi connectivity index (χ2n) is 7.18. The van der Waals surface area contributed by atoms with E-state index in [-0.39, 0.29) is 5.91 Å². The van der Waals surface area contributed by atoms with Crippen molar-refractivity contribution in [1.82, 2.24) is 15.2 Å². The van der Waals surface area contributed by atoms with Gasteiger partial charge in [0.05, 0.1) is 5.52 Å². The Bertz CT molecular complexity index is 750. The number of pyridine rings is 1. The van der Waals surface area contributed by atoms with Gasteiger partial charge < -0.3 is 10.2 Å². The number of aromatic nitrogens is 1. The SMILES string of the molecule is CCCc1ccc2ccc(C(=O)NC3CN4CCC3CC4)cc2n1. The van der Waals surface area contributed by atoms with E-state index in [2.05, 4.69) is 29.3 Å². The predicted octanol–water partition coefficient (Wildman–Crippen LogP) is 3.01. The molecule has 3 aliphatic heterocycles. The number of rotatable bonds is 4. The van der Waals surface area contributed by atoms with E-state index in [4.69, 9.17) is 4.98 Å². The molecule has 0 radical (unpaired) electrons. The summed E-state index contributed by atoms with van der Waals surface area (Å²) in [5.41, 5.74) is 2.74. The molecule has 3 aliphatic rings. The van der Waals surface area contributed by atoms with Gasteiger partial charge >= 0.3 is 0 Å². The first-order valence-corrected chi connectivity index (χ1v) is 9.16. The summed E-state index contributed by atoms with van der Waals surface area (Å²) in [7, 11) is 0. The van der Waals surface area contributed by atoms with Crippen LogP contribution in [-0.2, 0) is 6.42 Å². The van der Waals surface area contributed by atoms with E-state index in [1.807, 2.05) is 18.2 Å². The summed E-state index contributed by atoms with van der Waals surface area (Å²) in [4.78, 5) is 19.9. The van der Waals surface area contributed by atoms with Crippen LogP contribution in [0.1, 0.15) is 42.2 Å². The van der Waals surface area contributed by atoms with Gasteiger partial charge in [-0.3, -0.25) is 9.78 Å². The van der Waals surface area contributed by atoms with E-state index in [0.717, 1.165) is 41.5 Å². The van der Waals surface area contributed by atoms with E-state index in [0.29, 0.717) is 12.0 Å². The maximum atomic E-state index is 12.7. The lowest BCUT2D eigenvalue weighted by molar-refractivity contribution is 0.0620. The molecule has 1 amide bonds. The van der Waals surface area contributed by atoms with Gasteiger partial charge in [-0.25, -0.2) is 0 Å². The second kappa shape index (κ2) is 6.52. The van der Waals surface area contributed by atoms with E-state index < -0.39 is 0 Å². The Morgan fingerprint density at radius 1 is 1.25 bits per heavy atom. The van der Waals surface area contributed by atoms with Crippen molar-refractivity contribution in [3.63, 3.8) is 0 Å². The van der Waals surface area contributed by atoms with Gasteiger partial charge in [0.2, 0.25) is 0 Å². The molecule has 0 aliphatic carbocycles. The van der Waals surface area contributed by atoms with E-state index in [9.17, 15) is 4.79 Å². The number of aryl methyl sites for hydroxylation is 1. The highest BCUT2D eigenvalue weighted by Crippen LogP contribution is 2.27. The summed E-state index contributed by atoms with van der Waals surface area (Å²) in [5, 5.41) is 4.35. The normalized spacial score (nSPS) is 25.8. The van der Waals surface area contributed by atoms with Gasteiger partial charge in [-0.15, -0.1) is 0 Å². The molecule has 1 unspecified atom stereocenters. The molecule has 0 saturated carbocycles. The van der Waals surface area contributed by atoms with Crippen molar-refractivity contribution in [2.75, 3.05) is 19.6 Å². The largest absolute Gasteiger partial charge is 0.348 e. The third kappa shape index (κ3) is 3.03. The van der Waals surface area contributed by atoms with Gasteiger partial charge in [-0.2, -0.15) is 0 Å². The highest BCUT2D eigenvalue weighted by atomic mass is 16.1. The smallest absolute Gasteiger partial charge is 0.251 e. The Kier molecular flexibility index (Phi) is 4.23. The Balaban J connectivity index is 1.53. The second-order valence-corrected chi connectivity index (χ2v) is 7.18. The van der Waals surface area contributed by atoms with E-state index >= 15 is 0 Å². The standard InChI is InChI=1S/C20H25N3O/c1-2-3-17-7-6-14-4-5-16(12-18(14)21-17)20(24)22-19-13-23-10-8-15(19)9-11-23/h4-7,12,15,19H,2-3,8-11,13H2,1H3,(H,22,24). The summed E-state index contributed by atoms with van der Waals surface area (Å²) in [5.74, 6) is 0.687. The molecular formula is C20H25N3O. The fourth-order valence-electron chi connectivity index (χ4n) is 4.08.